The van der Waals surface area contributed by atoms with Gasteiger partial charge in [0, 0.05) is 41.5 Å². The zero-order valence-corrected chi connectivity index (χ0v) is 18.6. The molecule has 0 radical (unpaired) electrons. The van der Waals surface area contributed by atoms with Crippen molar-refractivity contribution in [1.29, 1.82) is 0 Å². The third kappa shape index (κ3) is 4.18. The Hall–Kier alpha value is -3.39. The molecule has 0 amide bonds. The number of carbonyl (C=O) groups excluding carboxylic acids is 1. The van der Waals surface area contributed by atoms with Gasteiger partial charge < -0.3 is 15.5 Å². The van der Waals surface area contributed by atoms with Crippen LogP contribution in [0.15, 0.2) is 36.5 Å². The Morgan fingerprint density at radius 3 is 2.79 bits per heavy atom. The number of nitrogens with zero attached hydrogens (tertiary/aromatic N) is 3. The second kappa shape index (κ2) is 8.51. The van der Waals surface area contributed by atoms with Crippen LogP contribution < -0.4 is 15.5 Å². The Balaban J connectivity index is 1.50. The molecule has 2 aromatic carbocycles. The third-order valence-corrected chi connectivity index (χ3v) is 6.19. The molecule has 1 aromatic heterocycles. The van der Waals surface area contributed by atoms with Gasteiger partial charge in [-0.3, -0.25) is 4.79 Å². The SMILES string of the molecule is CC(C)N1CC(=O)Cc2c(F)cc(-c3nc(Nc4ccc5c(c4)CCNC5)ncc3F)cc21. The van der Waals surface area contributed by atoms with E-state index < -0.39 is 11.6 Å². The van der Waals surface area contributed by atoms with E-state index in [4.69, 9.17) is 0 Å². The molecular formula is C25H25F2N5O. The van der Waals surface area contributed by atoms with Crippen LogP contribution in [0.1, 0.15) is 30.5 Å². The summed E-state index contributed by atoms with van der Waals surface area (Å²) >= 11 is 0. The molecule has 0 unspecified atom stereocenters. The number of aromatic nitrogens is 2. The van der Waals surface area contributed by atoms with Crippen molar-refractivity contribution in [3.63, 3.8) is 0 Å². The topological polar surface area (TPSA) is 70.2 Å². The van der Waals surface area contributed by atoms with E-state index >= 15 is 4.39 Å². The Bertz CT molecular complexity index is 1240. The van der Waals surface area contributed by atoms with Crippen LogP contribution >= 0.6 is 0 Å². The number of carbonyl (C=O) groups is 1. The molecule has 8 heteroatoms. The summed E-state index contributed by atoms with van der Waals surface area (Å²) in [5.41, 5.74) is 4.60. The van der Waals surface area contributed by atoms with Crippen LogP contribution in [0.5, 0.6) is 0 Å². The maximum absolute atomic E-state index is 15.0. The minimum atomic E-state index is -0.639. The predicted octanol–water partition coefficient (Wildman–Crippen LogP) is 4.15. The van der Waals surface area contributed by atoms with Gasteiger partial charge in [-0.2, -0.15) is 0 Å². The van der Waals surface area contributed by atoms with Crippen LogP contribution in [0.3, 0.4) is 0 Å². The van der Waals surface area contributed by atoms with Crippen LogP contribution in [0.2, 0.25) is 0 Å². The molecule has 5 rings (SSSR count). The first-order valence-electron chi connectivity index (χ1n) is 11.1. The lowest BCUT2D eigenvalue weighted by molar-refractivity contribution is -0.117. The number of halogens is 2. The fraction of sp³-hybridized carbons (Fsp3) is 0.320. The molecule has 0 fully saturated rings. The highest BCUT2D eigenvalue weighted by Crippen LogP contribution is 2.35. The predicted molar refractivity (Wildman–Crippen MR) is 124 cm³/mol. The molecular weight excluding hydrogens is 424 g/mol. The lowest BCUT2D eigenvalue weighted by Gasteiger charge is -2.34. The monoisotopic (exact) mass is 449 g/mol. The summed E-state index contributed by atoms with van der Waals surface area (Å²) in [5, 5.41) is 6.48. The van der Waals surface area contributed by atoms with Gasteiger partial charge in [0.15, 0.2) is 11.6 Å². The van der Waals surface area contributed by atoms with Gasteiger partial charge in [-0.05, 0) is 62.2 Å². The van der Waals surface area contributed by atoms with Crippen molar-refractivity contribution >= 4 is 23.1 Å². The maximum atomic E-state index is 15.0. The van der Waals surface area contributed by atoms with Crippen LogP contribution in [-0.4, -0.2) is 34.9 Å². The summed E-state index contributed by atoms with van der Waals surface area (Å²) in [6.07, 6.45) is 2.06. The van der Waals surface area contributed by atoms with Gasteiger partial charge in [0.25, 0.3) is 0 Å². The average Bonchev–Trinajstić information content (AvgIpc) is 2.80. The molecule has 3 aromatic rings. The van der Waals surface area contributed by atoms with Gasteiger partial charge >= 0.3 is 0 Å². The van der Waals surface area contributed by atoms with E-state index in [0.717, 1.165) is 31.4 Å². The Morgan fingerprint density at radius 2 is 1.97 bits per heavy atom. The number of Topliss-reactive ketones (excluding diaryl/α,β-unsaturated/α-hetero) is 1. The van der Waals surface area contributed by atoms with Crippen LogP contribution in [0.25, 0.3) is 11.3 Å². The molecule has 2 aliphatic rings. The maximum Gasteiger partial charge on any atom is 0.227 e. The number of ketones is 1. The molecule has 0 bridgehead atoms. The van der Waals surface area contributed by atoms with Crippen LogP contribution in [0.4, 0.5) is 26.1 Å². The zero-order chi connectivity index (χ0) is 23.1. The van der Waals surface area contributed by atoms with Gasteiger partial charge in [-0.1, -0.05) is 6.07 Å². The molecule has 2 aliphatic heterocycles. The van der Waals surface area contributed by atoms with Gasteiger partial charge in [0.1, 0.15) is 11.5 Å². The normalized spacial score (nSPS) is 15.4. The lowest BCUT2D eigenvalue weighted by atomic mass is 9.96. The van der Waals surface area contributed by atoms with E-state index in [1.807, 2.05) is 24.8 Å². The zero-order valence-electron chi connectivity index (χ0n) is 18.6. The molecule has 0 saturated carbocycles. The quantitative estimate of drug-likeness (QED) is 0.624. The highest BCUT2D eigenvalue weighted by molar-refractivity contribution is 5.91. The summed E-state index contributed by atoms with van der Waals surface area (Å²) in [6, 6.07) is 9.00. The Morgan fingerprint density at radius 1 is 1.12 bits per heavy atom. The smallest absolute Gasteiger partial charge is 0.227 e. The highest BCUT2D eigenvalue weighted by Gasteiger charge is 2.28. The summed E-state index contributed by atoms with van der Waals surface area (Å²) in [4.78, 5) is 22.4. The van der Waals surface area contributed by atoms with Gasteiger partial charge in [0.05, 0.1) is 12.7 Å². The number of benzene rings is 2. The second-order valence-corrected chi connectivity index (χ2v) is 8.82. The van der Waals surface area contributed by atoms with E-state index in [-0.39, 0.29) is 36.4 Å². The van der Waals surface area contributed by atoms with Crippen molar-refractivity contribution in [3.8, 4) is 11.3 Å². The van der Waals surface area contributed by atoms with E-state index in [0.29, 0.717) is 16.8 Å². The highest BCUT2D eigenvalue weighted by atomic mass is 19.1. The summed E-state index contributed by atoms with van der Waals surface area (Å²) in [7, 11) is 0. The number of nitrogens with one attached hydrogen (secondary N) is 2. The average molecular weight is 450 g/mol. The lowest BCUT2D eigenvalue weighted by Crippen LogP contribution is -2.40. The van der Waals surface area contributed by atoms with Crippen molar-refractivity contribution in [2.24, 2.45) is 0 Å². The Kier molecular flexibility index (Phi) is 5.54. The number of anilines is 3. The largest absolute Gasteiger partial charge is 0.361 e. The first-order chi connectivity index (χ1) is 15.9. The van der Waals surface area contributed by atoms with Crippen molar-refractivity contribution in [3.05, 3.63) is 64.9 Å². The minimum Gasteiger partial charge on any atom is -0.361 e. The first kappa shape index (κ1) is 21.5. The third-order valence-electron chi connectivity index (χ3n) is 6.19. The van der Waals surface area contributed by atoms with Crippen LogP contribution in [-0.2, 0) is 24.2 Å². The first-order valence-corrected chi connectivity index (χ1v) is 11.1. The number of fused-ring (bicyclic) bond motifs is 2. The van der Waals surface area contributed by atoms with Gasteiger partial charge in [-0.25, -0.2) is 18.7 Å². The molecule has 0 atom stereocenters. The Labute approximate surface area is 191 Å². The molecule has 2 N–H and O–H groups in total. The van der Waals surface area contributed by atoms with Crippen molar-refractivity contribution in [2.75, 3.05) is 23.3 Å². The second-order valence-electron chi connectivity index (χ2n) is 8.82. The van der Waals surface area contributed by atoms with E-state index in [2.05, 4.69) is 32.7 Å². The molecule has 0 saturated heterocycles. The van der Waals surface area contributed by atoms with Gasteiger partial charge in [-0.15, -0.1) is 0 Å². The number of hydrogen-bond donors (Lipinski definition) is 2. The molecule has 3 heterocycles. The summed E-state index contributed by atoms with van der Waals surface area (Å²) < 4.78 is 29.8. The summed E-state index contributed by atoms with van der Waals surface area (Å²) in [6.45, 7) is 5.86. The van der Waals surface area contributed by atoms with Crippen molar-refractivity contribution in [2.45, 2.75) is 39.3 Å². The van der Waals surface area contributed by atoms with E-state index in [9.17, 15) is 9.18 Å². The summed E-state index contributed by atoms with van der Waals surface area (Å²) in [5.74, 6) is -0.978. The van der Waals surface area contributed by atoms with E-state index in [1.54, 1.807) is 6.07 Å². The number of hydrogen-bond acceptors (Lipinski definition) is 6. The number of rotatable bonds is 4. The molecule has 0 spiro atoms. The van der Waals surface area contributed by atoms with Crippen LogP contribution in [0, 0.1) is 11.6 Å². The fourth-order valence-corrected chi connectivity index (χ4v) is 4.49. The minimum absolute atomic E-state index is 0.00525. The van der Waals surface area contributed by atoms with Gasteiger partial charge in [0.2, 0.25) is 5.95 Å². The molecule has 33 heavy (non-hydrogen) atoms. The molecule has 170 valence electrons. The fourth-order valence-electron chi connectivity index (χ4n) is 4.49. The molecule has 0 aliphatic carbocycles. The van der Waals surface area contributed by atoms with Crippen molar-refractivity contribution < 1.29 is 13.6 Å². The van der Waals surface area contributed by atoms with Crippen molar-refractivity contribution in [1.82, 2.24) is 15.3 Å². The standard InChI is InChI=1S/C25H25F2N5O/c1-14(2)32-13-19(33)10-20-21(26)8-17(9-23(20)32)24-22(27)12-29-25(31-24)30-18-4-3-16-11-28-6-5-15(16)7-18/h3-4,7-9,12,14,28H,5-6,10-11,13H2,1-2H3,(H,29,30,31). The van der Waals surface area contributed by atoms with E-state index in [1.165, 1.54) is 17.2 Å². The molecule has 6 nitrogen and oxygen atoms in total.